The fourth-order valence-corrected chi connectivity index (χ4v) is 2.29. The van der Waals surface area contributed by atoms with Crippen LogP contribution in [0, 0.1) is 5.82 Å². The molecule has 2 aromatic carbocycles. The first-order valence-corrected chi connectivity index (χ1v) is 6.96. The number of amides is 1. The molecule has 0 aliphatic carbocycles. The summed E-state index contributed by atoms with van der Waals surface area (Å²) in [5.74, 6) is -0.735. The molecular weight excluding hydrogens is 283 g/mol. The largest absolute Gasteiger partial charge is 0.494 e. The van der Waals surface area contributed by atoms with Crippen LogP contribution in [-0.2, 0) is 4.79 Å². The molecule has 0 aromatic heterocycles. The average molecular weight is 302 g/mol. The maximum Gasteiger partial charge on any atom is 0.239 e. The molecule has 2 rings (SSSR count). The normalized spacial score (nSPS) is 13.4. The number of nitrogens with one attached hydrogen (secondary N) is 1. The van der Waals surface area contributed by atoms with Gasteiger partial charge in [-0.25, -0.2) is 4.39 Å². The van der Waals surface area contributed by atoms with Crippen molar-refractivity contribution in [2.75, 3.05) is 7.11 Å². The third kappa shape index (κ3) is 3.62. The molecule has 0 fully saturated rings. The van der Waals surface area contributed by atoms with E-state index in [1.807, 2.05) is 37.3 Å². The second-order valence-electron chi connectivity index (χ2n) is 5.03. The molecule has 22 heavy (non-hydrogen) atoms. The monoisotopic (exact) mass is 302 g/mol. The third-order valence-corrected chi connectivity index (χ3v) is 3.51. The highest BCUT2D eigenvalue weighted by molar-refractivity contribution is 5.81. The Morgan fingerprint density at radius 3 is 2.41 bits per heavy atom. The van der Waals surface area contributed by atoms with Gasteiger partial charge in [0.2, 0.25) is 5.91 Å². The lowest BCUT2D eigenvalue weighted by atomic mass is 10.0. The lowest BCUT2D eigenvalue weighted by molar-refractivity contribution is -0.120. The number of ether oxygens (including phenoxy) is 1. The first kappa shape index (κ1) is 16.0. The van der Waals surface area contributed by atoms with Gasteiger partial charge in [-0.05, 0) is 30.2 Å². The molecule has 0 saturated heterocycles. The van der Waals surface area contributed by atoms with Crippen molar-refractivity contribution in [1.82, 2.24) is 5.32 Å². The van der Waals surface area contributed by atoms with Crippen LogP contribution in [0.4, 0.5) is 4.39 Å². The van der Waals surface area contributed by atoms with E-state index in [4.69, 9.17) is 10.5 Å². The molecule has 4 nitrogen and oxygen atoms in total. The van der Waals surface area contributed by atoms with Crippen LogP contribution >= 0.6 is 0 Å². The molecule has 1 amide bonds. The molecule has 0 unspecified atom stereocenters. The molecule has 5 heteroatoms. The molecule has 0 aliphatic rings. The van der Waals surface area contributed by atoms with Gasteiger partial charge >= 0.3 is 0 Å². The minimum Gasteiger partial charge on any atom is -0.494 e. The Labute approximate surface area is 129 Å². The second-order valence-corrected chi connectivity index (χ2v) is 5.03. The molecule has 2 atom stereocenters. The van der Waals surface area contributed by atoms with Crippen LogP contribution in [0.15, 0.2) is 48.5 Å². The summed E-state index contributed by atoms with van der Waals surface area (Å²) in [6.45, 7) is 1.85. The summed E-state index contributed by atoms with van der Waals surface area (Å²) >= 11 is 0. The van der Waals surface area contributed by atoms with Crippen molar-refractivity contribution in [2.45, 2.75) is 19.0 Å². The summed E-state index contributed by atoms with van der Waals surface area (Å²) in [6, 6.07) is 13.0. The van der Waals surface area contributed by atoms with Crippen molar-refractivity contribution in [1.29, 1.82) is 0 Å². The summed E-state index contributed by atoms with van der Waals surface area (Å²) < 4.78 is 18.7. The quantitative estimate of drug-likeness (QED) is 0.862. The average Bonchev–Trinajstić information content (AvgIpc) is 2.52. The summed E-state index contributed by atoms with van der Waals surface area (Å²) in [6.07, 6.45) is 0. The lowest BCUT2D eigenvalue weighted by Gasteiger charge is -2.22. The molecule has 3 N–H and O–H groups in total. The third-order valence-electron chi connectivity index (χ3n) is 3.51. The highest BCUT2D eigenvalue weighted by Gasteiger charge is 2.20. The number of hydrogen-bond acceptors (Lipinski definition) is 3. The number of methoxy groups -OCH3 is 1. The molecule has 0 radical (unpaired) electrons. The van der Waals surface area contributed by atoms with Gasteiger partial charge in [-0.15, -0.1) is 0 Å². The van der Waals surface area contributed by atoms with E-state index in [2.05, 4.69) is 5.32 Å². The van der Waals surface area contributed by atoms with Crippen LogP contribution in [-0.4, -0.2) is 13.0 Å². The Hall–Kier alpha value is -2.40. The number of halogens is 1. The zero-order chi connectivity index (χ0) is 16.1. The van der Waals surface area contributed by atoms with Gasteiger partial charge in [0.1, 0.15) is 6.04 Å². The van der Waals surface area contributed by atoms with Crippen LogP contribution in [0.5, 0.6) is 5.75 Å². The lowest BCUT2D eigenvalue weighted by Crippen LogP contribution is -2.35. The van der Waals surface area contributed by atoms with Gasteiger partial charge in [0.05, 0.1) is 7.11 Å². The van der Waals surface area contributed by atoms with Crippen molar-refractivity contribution in [3.63, 3.8) is 0 Å². The minimum absolute atomic E-state index is 0.186. The smallest absolute Gasteiger partial charge is 0.239 e. The Morgan fingerprint density at radius 1 is 1.18 bits per heavy atom. The van der Waals surface area contributed by atoms with Crippen molar-refractivity contribution in [3.05, 3.63) is 65.5 Å². The maximum atomic E-state index is 13.8. The molecule has 0 bridgehead atoms. The number of carbonyl (C=O) groups excluding carboxylic acids is 1. The van der Waals surface area contributed by atoms with E-state index in [0.717, 1.165) is 5.56 Å². The molecular formula is C17H19FN2O2. The molecule has 0 heterocycles. The van der Waals surface area contributed by atoms with Gasteiger partial charge in [-0.1, -0.05) is 36.4 Å². The van der Waals surface area contributed by atoms with Crippen molar-refractivity contribution < 1.29 is 13.9 Å². The van der Waals surface area contributed by atoms with E-state index >= 15 is 0 Å². The molecule has 116 valence electrons. The highest BCUT2D eigenvalue weighted by Crippen LogP contribution is 2.24. The van der Waals surface area contributed by atoms with E-state index in [1.54, 1.807) is 12.1 Å². The minimum atomic E-state index is -0.638. The fraction of sp³-hybridized carbons (Fsp3) is 0.235. The van der Waals surface area contributed by atoms with E-state index in [9.17, 15) is 9.18 Å². The van der Waals surface area contributed by atoms with Gasteiger partial charge < -0.3 is 10.5 Å². The van der Waals surface area contributed by atoms with Crippen molar-refractivity contribution in [2.24, 2.45) is 5.73 Å². The molecule has 0 spiro atoms. The number of benzene rings is 2. The van der Waals surface area contributed by atoms with Crippen LogP contribution in [0.2, 0.25) is 0 Å². The van der Waals surface area contributed by atoms with Gasteiger partial charge in [-0.3, -0.25) is 10.1 Å². The Kier molecular flexibility index (Phi) is 5.12. The summed E-state index contributed by atoms with van der Waals surface area (Å²) in [5, 5.41) is 3.13. The van der Waals surface area contributed by atoms with Crippen molar-refractivity contribution >= 4 is 5.91 Å². The van der Waals surface area contributed by atoms with Gasteiger partial charge in [0, 0.05) is 6.04 Å². The van der Waals surface area contributed by atoms with Crippen LogP contribution in [0.3, 0.4) is 0 Å². The predicted molar refractivity (Wildman–Crippen MR) is 82.9 cm³/mol. The Balaban J connectivity index is 2.20. The van der Waals surface area contributed by atoms with E-state index in [0.29, 0.717) is 5.56 Å². The fourth-order valence-electron chi connectivity index (χ4n) is 2.29. The van der Waals surface area contributed by atoms with E-state index in [-0.39, 0.29) is 11.8 Å². The number of nitrogens with two attached hydrogens (primary N) is 1. The molecule has 0 saturated carbocycles. The number of carbonyl (C=O) groups is 1. The Morgan fingerprint density at radius 2 is 1.86 bits per heavy atom. The summed E-state index contributed by atoms with van der Waals surface area (Å²) in [4.78, 5) is 11.7. The van der Waals surface area contributed by atoms with Gasteiger partial charge in [0.25, 0.3) is 0 Å². The zero-order valence-electron chi connectivity index (χ0n) is 12.5. The van der Waals surface area contributed by atoms with Crippen LogP contribution in [0.25, 0.3) is 0 Å². The summed E-state index contributed by atoms with van der Waals surface area (Å²) in [5.41, 5.74) is 6.96. The number of primary amides is 1. The first-order chi connectivity index (χ1) is 10.5. The van der Waals surface area contributed by atoms with Gasteiger partial charge in [-0.2, -0.15) is 0 Å². The van der Waals surface area contributed by atoms with E-state index in [1.165, 1.54) is 13.2 Å². The molecule has 2 aromatic rings. The maximum absolute atomic E-state index is 13.8. The second kappa shape index (κ2) is 7.04. The summed E-state index contributed by atoms with van der Waals surface area (Å²) in [7, 11) is 1.41. The topological polar surface area (TPSA) is 64.3 Å². The number of hydrogen-bond donors (Lipinski definition) is 2. The standard InChI is InChI=1S/C17H19FN2O2/c1-11(13-8-9-15(22-2)14(18)10-13)20-16(17(19)21)12-6-4-3-5-7-12/h3-11,16,20H,1-2H3,(H2,19,21)/t11-,16+/m1/s1. The number of rotatable bonds is 6. The van der Waals surface area contributed by atoms with Crippen LogP contribution in [0.1, 0.15) is 30.1 Å². The zero-order valence-corrected chi connectivity index (χ0v) is 12.5. The predicted octanol–water partition coefficient (Wildman–Crippen LogP) is 2.71. The van der Waals surface area contributed by atoms with Crippen molar-refractivity contribution in [3.8, 4) is 5.75 Å². The highest BCUT2D eigenvalue weighted by atomic mass is 19.1. The van der Waals surface area contributed by atoms with E-state index < -0.39 is 17.8 Å². The molecule has 0 aliphatic heterocycles. The Bertz CT molecular complexity index is 646. The van der Waals surface area contributed by atoms with Gasteiger partial charge in [0.15, 0.2) is 11.6 Å². The first-order valence-electron chi connectivity index (χ1n) is 6.96. The SMILES string of the molecule is COc1ccc([C@@H](C)N[C@H](C(N)=O)c2ccccc2)cc1F. The van der Waals surface area contributed by atoms with Crippen LogP contribution < -0.4 is 15.8 Å².